The van der Waals surface area contributed by atoms with Gasteiger partial charge >= 0.3 is 12.1 Å². The van der Waals surface area contributed by atoms with Gasteiger partial charge in [-0.15, -0.1) is 0 Å². The van der Waals surface area contributed by atoms with Crippen molar-refractivity contribution in [2.75, 3.05) is 57.9 Å². The second-order valence-electron chi connectivity index (χ2n) is 8.90. The van der Waals surface area contributed by atoms with Crippen molar-refractivity contribution in [2.24, 2.45) is 0 Å². The van der Waals surface area contributed by atoms with Gasteiger partial charge in [0, 0.05) is 39.1 Å². The molecule has 34 heavy (non-hydrogen) atoms. The first-order chi connectivity index (χ1) is 16.3. The van der Waals surface area contributed by atoms with Gasteiger partial charge in [-0.05, 0) is 19.4 Å². The fraction of sp³-hybridized carbons (Fsp3) is 0.619. The Kier molecular flexibility index (Phi) is 5.96. The quantitative estimate of drug-likeness (QED) is 0.623. The van der Waals surface area contributed by atoms with Crippen LogP contribution in [-0.2, 0) is 0 Å². The molecule has 0 unspecified atom stereocenters. The molecule has 13 heteroatoms. The molecule has 2 aromatic heterocycles. The summed E-state index contributed by atoms with van der Waals surface area (Å²) >= 11 is 5.98. The lowest BCUT2D eigenvalue weighted by Crippen LogP contribution is -2.48. The number of anilines is 1. The topological polar surface area (TPSA) is 104 Å². The van der Waals surface area contributed by atoms with Gasteiger partial charge in [0.2, 0.25) is 5.88 Å². The fourth-order valence-corrected chi connectivity index (χ4v) is 5.44. The van der Waals surface area contributed by atoms with E-state index in [1.165, 1.54) is 12.0 Å². The zero-order valence-corrected chi connectivity index (χ0v) is 19.4. The summed E-state index contributed by atoms with van der Waals surface area (Å²) in [5.41, 5.74) is -0.523. The molecule has 10 nitrogen and oxygen atoms in total. The number of halogens is 3. The molecule has 2 aromatic rings. The van der Waals surface area contributed by atoms with E-state index in [0.29, 0.717) is 31.9 Å². The molecule has 2 atom stereocenters. The Morgan fingerprint density at radius 3 is 2.71 bits per heavy atom. The lowest BCUT2D eigenvalue weighted by atomic mass is 9.95. The van der Waals surface area contributed by atoms with Crippen LogP contribution in [0.15, 0.2) is 0 Å². The lowest BCUT2D eigenvalue weighted by molar-refractivity contribution is 0.107. The Hall–Kier alpha value is -2.73. The second-order valence-corrected chi connectivity index (χ2v) is 9.26. The molecule has 3 aliphatic heterocycles. The number of ether oxygens (including phenoxy) is 2. The van der Waals surface area contributed by atoms with Crippen LogP contribution in [0.2, 0.25) is 5.15 Å². The van der Waals surface area contributed by atoms with E-state index >= 15 is 4.39 Å². The van der Waals surface area contributed by atoms with Crippen molar-refractivity contribution in [3.63, 3.8) is 0 Å². The number of rotatable bonds is 5. The summed E-state index contributed by atoms with van der Waals surface area (Å²) in [6, 6.07) is -0.0603. The van der Waals surface area contributed by atoms with Crippen molar-refractivity contribution in [1.29, 1.82) is 0 Å². The SMILES string of the molecule is COc1nc(Cl)c(F)c2nc(OC[C@@]34CCCN3C[C@H](F)C4)nc(N3CCN(C(=O)O)CC3)c12. The number of alkyl halides is 1. The number of nitrogens with zero attached hydrogens (tertiary/aromatic N) is 6. The van der Waals surface area contributed by atoms with Gasteiger partial charge in [0.15, 0.2) is 11.0 Å². The zero-order chi connectivity index (χ0) is 24.0. The molecule has 5 heterocycles. The molecule has 3 saturated heterocycles. The molecular formula is C21H25ClF2N6O4. The van der Waals surface area contributed by atoms with E-state index in [9.17, 15) is 14.3 Å². The summed E-state index contributed by atoms with van der Waals surface area (Å²) in [7, 11) is 1.38. The van der Waals surface area contributed by atoms with E-state index in [1.807, 2.05) is 4.90 Å². The first-order valence-corrected chi connectivity index (χ1v) is 11.5. The summed E-state index contributed by atoms with van der Waals surface area (Å²) in [5, 5.41) is 9.10. The van der Waals surface area contributed by atoms with Crippen molar-refractivity contribution in [3.8, 4) is 11.9 Å². The number of fused-ring (bicyclic) bond motifs is 2. The number of aromatic nitrogens is 3. The second kappa shape index (κ2) is 8.81. The minimum atomic E-state index is -1.00. The molecule has 5 rings (SSSR count). The highest BCUT2D eigenvalue weighted by Gasteiger charge is 2.49. The van der Waals surface area contributed by atoms with Crippen molar-refractivity contribution in [2.45, 2.75) is 31.0 Å². The Morgan fingerprint density at radius 1 is 1.24 bits per heavy atom. The zero-order valence-electron chi connectivity index (χ0n) is 18.6. The van der Waals surface area contributed by atoms with Crippen LogP contribution in [0.5, 0.6) is 11.9 Å². The summed E-state index contributed by atoms with van der Waals surface area (Å²) in [6.07, 6.45) is 0.234. The average molecular weight is 499 g/mol. The molecule has 0 aromatic carbocycles. The molecule has 0 saturated carbocycles. The number of piperazine rings is 1. The highest BCUT2D eigenvalue weighted by atomic mass is 35.5. The van der Waals surface area contributed by atoms with Crippen molar-refractivity contribution in [1.82, 2.24) is 24.8 Å². The summed E-state index contributed by atoms with van der Waals surface area (Å²) in [5.74, 6) is -0.457. The first-order valence-electron chi connectivity index (χ1n) is 11.2. The van der Waals surface area contributed by atoms with Crippen molar-refractivity contribution < 1.29 is 28.2 Å². The van der Waals surface area contributed by atoms with Crippen LogP contribution in [0.4, 0.5) is 19.4 Å². The number of hydrogen-bond donors (Lipinski definition) is 1. The molecule has 184 valence electrons. The van der Waals surface area contributed by atoms with E-state index in [-0.39, 0.29) is 42.5 Å². The third-order valence-electron chi connectivity index (χ3n) is 6.95. The lowest BCUT2D eigenvalue weighted by Gasteiger charge is -2.34. The van der Waals surface area contributed by atoms with E-state index in [0.717, 1.165) is 19.4 Å². The van der Waals surface area contributed by atoms with Crippen LogP contribution in [-0.4, -0.2) is 101 Å². The number of hydrogen-bond acceptors (Lipinski definition) is 8. The van der Waals surface area contributed by atoms with Gasteiger partial charge in [0.05, 0.1) is 12.6 Å². The van der Waals surface area contributed by atoms with Gasteiger partial charge in [-0.25, -0.2) is 13.6 Å². The molecular weight excluding hydrogens is 474 g/mol. The van der Waals surface area contributed by atoms with E-state index in [1.54, 1.807) is 0 Å². The molecule has 0 aliphatic carbocycles. The largest absolute Gasteiger partial charge is 0.480 e. The third kappa shape index (κ3) is 3.92. The molecule has 1 N–H and O–H groups in total. The molecule has 0 bridgehead atoms. The van der Waals surface area contributed by atoms with Gasteiger partial charge < -0.3 is 24.4 Å². The normalized spacial score (nSPS) is 25.1. The molecule has 0 radical (unpaired) electrons. The van der Waals surface area contributed by atoms with E-state index in [4.69, 9.17) is 21.1 Å². The Morgan fingerprint density at radius 2 is 2.00 bits per heavy atom. The third-order valence-corrected chi connectivity index (χ3v) is 7.20. The fourth-order valence-electron chi connectivity index (χ4n) is 5.27. The highest BCUT2D eigenvalue weighted by Crippen LogP contribution is 2.41. The maximum Gasteiger partial charge on any atom is 0.407 e. The first kappa shape index (κ1) is 23.0. The Labute approximate surface area is 199 Å². The number of carbonyl (C=O) groups is 1. The van der Waals surface area contributed by atoms with Gasteiger partial charge in [-0.2, -0.15) is 15.0 Å². The van der Waals surface area contributed by atoms with Crippen molar-refractivity contribution in [3.05, 3.63) is 11.0 Å². The maximum atomic E-state index is 15.1. The smallest absolute Gasteiger partial charge is 0.407 e. The average Bonchev–Trinajstić information content (AvgIpc) is 3.35. The van der Waals surface area contributed by atoms with Crippen LogP contribution in [0.3, 0.4) is 0 Å². The number of pyridine rings is 1. The number of methoxy groups -OCH3 is 1. The van der Waals surface area contributed by atoms with Gasteiger partial charge in [-0.1, -0.05) is 11.6 Å². The van der Waals surface area contributed by atoms with Gasteiger partial charge in [-0.3, -0.25) is 4.90 Å². The molecule has 1 amide bonds. The van der Waals surface area contributed by atoms with Gasteiger partial charge in [0.1, 0.15) is 29.5 Å². The molecule has 3 fully saturated rings. The minimum Gasteiger partial charge on any atom is -0.480 e. The predicted octanol–water partition coefficient (Wildman–Crippen LogP) is 2.58. The van der Waals surface area contributed by atoms with E-state index < -0.39 is 28.8 Å². The highest BCUT2D eigenvalue weighted by molar-refractivity contribution is 6.30. The summed E-state index contributed by atoms with van der Waals surface area (Å²) in [6.45, 7) is 2.53. The number of amides is 1. The summed E-state index contributed by atoms with van der Waals surface area (Å²) in [4.78, 5) is 29.3. The number of carboxylic acid groups (broad SMARTS) is 1. The standard InChI is InChI=1S/C21H25ClF2N6O4/c1-33-18-13-15(14(24)16(22)26-18)25-19(27-17(13)28-5-7-29(8-6-28)20(31)32)34-11-21-3-2-4-30(21)10-12(23)9-21/h12H,2-11H2,1H3,(H,31,32)/t12-,21+/m1/s1. The predicted molar refractivity (Wildman–Crippen MR) is 119 cm³/mol. The van der Waals surface area contributed by atoms with Crippen LogP contribution >= 0.6 is 11.6 Å². The molecule has 0 spiro atoms. The monoisotopic (exact) mass is 498 g/mol. The van der Waals surface area contributed by atoms with Crippen LogP contribution in [0.25, 0.3) is 10.9 Å². The van der Waals surface area contributed by atoms with E-state index in [2.05, 4.69) is 19.9 Å². The van der Waals surface area contributed by atoms with Crippen LogP contribution in [0, 0.1) is 5.82 Å². The van der Waals surface area contributed by atoms with Crippen LogP contribution in [0.1, 0.15) is 19.3 Å². The minimum absolute atomic E-state index is 0.0558. The Balaban J connectivity index is 1.52. The van der Waals surface area contributed by atoms with Crippen LogP contribution < -0.4 is 14.4 Å². The van der Waals surface area contributed by atoms with Crippen molar-refractivity contribution >= 4 is 34.4 Å². The van der Waals surface area contributed by atoms with Gasteiger partial charge in [0.25, 0.3) is 0 Å². The summed E-state index contributed by atoms with van der Waals surface area (Å²) < 4.78 is 40.5. The maximum absolute atomic E-state index is 15.1. The molecule has 3 aliphatic rings. The Bertz CT molecular complexity index is 1120.